The van der Waals surface area contributed by atoms with Gasteiger partial charge in [0.1, 0.15) is 0 Å². The number of rotatable bonds is 9. The lowest BCUT2D eigenvalue weighted by molar-refractivity contribution is -0.120. The Kier molecular flexibility index (Phi) is 7.04. The molecule has 0 saturated heterocycles. The standard InChI is InChI=1S/C12H20N2O3S2/c1-2-3-9-19(16,17)14-7-6-13-12(15)10-11-5-4-8-18-11/h4-5,8,14H,2-3,6-7,9-10H2,1H3,(H,13,15). The van der Waals surface area contributed by atoms with Crippen LogP contribution in [0, 0.1) is 0 Å². The van der Waals surface area contributed by atoms with Crippen LogP contribution in [0.4, 0.5) is 0 Å². The molecule has 0 aliphatic rings. The van der Waals surface area contributed by atoms with E-state index in [1.807, 2.05) is 24.4 Å². The molecule has 0 bridgehead atoms. The molecule has 0 radical (unpaired) electrons. The fraction of sp³-hybridized carbons (Fsp3) is 0.583. The van der Waals surface area contributed by atoms with E-state index >= 15 is 0 Å². The smallest absolute Gasteiger partial charge is 0.225 e. The molecule has 1 rings (SSSR count). The van der Waals surface area contributed by atoms with Crippen molar-refractivity contribution in [3.05, 3.63) is 22.4 Å². The summed E-state index contributed by atoms with van der Waals surface area (Å²) in [5.74, 6) is 0.0577. The summed E-state index contributed by atoms with van der Waals surface area (Å²) >= 11 is 1.53. The third-order valence-corrected chi connectivity index (χ3v) is 4.80. The summed E-state index contributed by atoms with van der Waals surface area (Å²) in [6, 6.07) is 3.80. The lowest BCUT2D eigenvalue weighted by Gasteiger charge is -2.07. The number of amides is 1. The van der Waals surface area contributed by atoms with Crippen molar-refractivity contribution in [1.29, 1.82) is 0 Å². The molecule has 2 N–H and O–H groups in total. The third kappa shape index (κ3) is 7.29. The van der Waals surface area contributed by atoms with E-state index in [0.717, 1.165) is 11.3 Å². The first-order valence-electron chi connectivity index (χ1n) is 6.30. The molecule has 0 aromatic carbocycles. The molecule has 0 fully saturated rings. The van der Waals surface area contributed by atoms with Crippen LogP contribution in [0.2, 0.25) is 0 Å². The third-order valence-electron chi connectivity index (χ3n) is 2.45. The van der Waals surface area contributed by atoms with E-state index in [9.17, 15) is 13.2 Å². The van der Waals surface area contributed by atoms with Crippen LogP contribution in [0.5, 0.6) is 0 Å². The molecule has 108 valence electrons. The molecule has 0 atom stereocenters. The van der Waals surface area contributed by atoms with Gasteiger partial charge in [0.2, 0.25) is 15.9 Å². The van der Waals surface area contributed by atoms with Gasteiger partial charge < -0.3 is 5.32 Å². The second-order valence-electron chi connectivity index (χ2n) is 4.17. The Morgan fingerprint density at radius 3 is 2.79 bits per heavy atom. The van der Waals surface area contributed by atoms with E-state index < -0.39 is 10.0 Å². The molecular weight excluding hydrogens is 284 g/mol. The van der Waals surface area contributed by atoms with Gasteiger partial charge >= 0.3 is 0 Å². The SMILES string of the molecule is CCCCS(=O)(=O)NCCNC(=O)Cc1cccs1. The number of sulfonamides is 1. The first-order valence-corrected chi connectivity index (χ1v) is 8.83. The highest BCUT2D eigenvalue weighted by Crippen LogP contribution is 2.08. The normalized spacial score (nSPS) is 11.4. The van der Waals surface area contributed by atoms with E-state index in [-0.39, 0.29) is 18.2 Å². The Balaban J connectivity index is 2.15. The van der Waals surface area contributed by atoms with Crippen molar-refractivity contribution in [3.8, 4) is 0 Å². The Hall–Kier alpha value is -0.920. The summed E-state index contributed by atoms with van der Waals surface area (Å²) in [6.45, 7) is 2.50. The minimum atomic E-state index is -3.19. The second-order valence-corrected chi connectivity index (χ2v) is 7.13. The van der Waals surface area contributed by atoms with Gasteiger partial charge in [-0.15, -0.1) is 11.3 Å². The molecule has 1 heterocycles. The van der Waals surface area contributed by atoms with Crippen LogP contribution in [0.3, 0.4) is 0 Å². The van der Waals surface area contributed by atoms with Crippen LogP contribution < -0.4 is 10.0 Å². The number of hydrogen-bond acceptors (Lipinski definition) is 4. The zero-order valence-electron chi connectivity index (χ0n) is 11.0. The summed E-state index contributed by atoms with van der Waals surface area (Å²) in [5.41, 5.74) is 0. The van der Waals surface area contributed by atoms with E-state index in [1.54, 1.807) is 0 Å². The summed E-state index contributed by atoms with van der Waals surface area (Å²) in [5, 5.41) is 4.61. The van der Waals surface area contributed by atoms with Gasteiger partial charge in [-0.3, -0.25) is 4.79 Å². The number of unbranched alkanes of at least 4 members (excludes halogenated alkanes) is 1. The van der Waals surface area contributed by atoms with Crippen LogP contribution in [-0.4, -0.2) is 33.2 Å². The number of nitrogens with one attached hydrogen (secondary N) is 2. The minimum absolute atomic E-state index is 0.0878. The first-order chi connectivity index (χ1) is 9.03. The maximum absolute atomic E-state index is 11.5. The van der Waals surface area contributed by atoms with Crippen LogP contribution in [0.1, 0.15) is 24.6 Å². The fourth-order valence-corrected chi connectivity index (χ4v) is 3.38. The van der Waals surface area contributed by atoms with Gasteiger partial charge in [-0.25, -0.2) is 13.1 Å². The van der Waals surface area contributed by atoms with Crippen LogP contribution in [0.25, 0.3) is 0 Å². The number of thiophene rings is 1. The predicted molar refractivity (Wildman–Crippen MR) is 77.7 cm³/mol. The Bertz CT molecular complexity index is 469. The highest BCUT2D eigenvalue weighted by molar-refractivity contribution is 7.89. The maximum atomic E-state index is 11.5. The quantitative estimate of drug-likeness (QED) is 0.672. The Morgan fingerprint density at radius 2 is 2.16 bits per heavy atom. The fourth-order valence-electron chi connectivity index (χ4n) is 1.45. The monoisotopic (exact) mass is 304 g/mol. The second kappa shape index (κ2) is 8.29. The van der Waals surface area contributed by atoms with Crippen molar-refractivity contribution in [2.24, 2.45) is 0 Å². The molecule has 0 saturated carbocycles. The van der Waals surface area contributed by atoms with E-state index in [4.69, 9.17) is 0 Å². The van der Waals surface area contributed by atoms with Gasteiger partial charge in [-0.2, -0.15) is 0 Å². The average molecular weight is 304 g/mol. The molecule has 1 amide bonds. The summed E-state index contributed by atoms with van der Waals surface area (Å²) in [6.07, 6.45) is 1.85. The van der Waals surface area contributed by atoms with E-state index in [0.29, 0.717) is 19.4 Å². The topological polar surface area (TPSA) is 75.3 Å². The van der Waals surface area contributed by atoms with Crippen molar-refractivity contribution < 1.29 is 13.2 Å². The van der Waals surface area contributed by atoms with Crippen molar-refractivity contribution in [1.82, 2.24) is 10.0 Å². The van der Waals surface area contributed by atoms with Gasteiger partial charge in [0.15, 0.2) is 0 Å². The molecule has 0 unspecified atom stereocenters. The minimum Gasteiger partial charge on any atom is -0.354 e. The Morgan fingerprint density at radius 1 is 1.37 bits per heavy atom. The van der Waals surface area contributed by atoms with Crippen LogP contribution >= 0.6 is 11.3 Å². The molecule has 1 aromatic rings. The molecule has 19 heavy (non-hydrogen) atoms. The lowest BCUT2D eigenvalue weighted by Crippen LogP contribution is -2.36. The first kappa shape index (κ1) is 16.1. The van der Waals surface area contributed by atoms with Crippen molar-refractivity contribution in [2.45, 2.75) is 26.2 Å². The van der Waals surface area contributed by atoms with Gasteiger partial charge in [-0.05, 0) is 17.9 Å². The number of carbonyl (C=O) groups excluding carboxylic acids is 1. The summed E-state index contributed by atoms with van der Waals surface area (Å²) in [7, 11) is -3.19. The van der Waals surface area contributed by atoms with Crippen LogP contribution in [-0.2, 0) is 21.2 Å². The number of carbonyl (C=O) groups is 1. The molecule has 0 aliphatic carbocycles. The van der Waals surface area contributed by atoms with Crippen LogP contribution in [0.15, 0.2) is 17.5 Å². The molecule has 7 heteroatoms. The maximum Gasteiger partial charge on any atom is 0.225 e. The zero-order valence-corrected chi connectivity index (χ0v) is 12.6. The highest BCUT2D eigenvalue weighted by Gasteiger charge is 2.08. The molecule has 1 aromatic heterocycles. The van der Waals surface area contributed by atoms with Gasteiger partial charge in [0, 0.05) is 18.0 Å². The van der Waals surface area contributed by atoms with Crippen molar-refractivity contribution in [2.75, 3.05) is 18.8 Å². The largest absolute Gasteiger partial charge is 0.354 e. The average Bonchev–Trinajstić information content (AvgIpc) is 2.85. The summed E-state index contributed by atoms with van der Waals surface area (Å²) in [4.78, 5) is 12.5. The van der Waals surface area contributed by atoms with Gasteiger partial charge in [0.25, 0.3) is 0 Å². The molecule has 0 aliphatic heterocycles. The lowest BCUT2D eigenvalue weighted by atomic mass is 10.3. The highest BCUT2D eigenvalue weighted by atomic mass is 32.2. The summed E-state index contributed by atoms with van der Waals surface area (Å²) < 4.78 is 25.4. The van der Waals surface area contributed by atoms with Gasteiger partial charge in [0.05, 0.1) is 12.2 Å². The van der Waals surface area contributed by atoms with Gasteiger partial charge in [-0.1, -0.05) is 19.4 Å². The molecule has 5 nitrogen and oxygen atoms in total. The van der Waals surface area contributed by atoms with Crippen molar-refractivity contribution in [3.63, 3.8) is 0 Å². The van der Waals surface area contributed by atoms with E-state index in [2.05, 4.69) is 10.0 Å². The van der Waals surface area contributed by atoms with Crippen molar-refractivity contribution >= 4 is 27.3 Å². The predicted octanol–water partition coefficient (Wildman–Crippen LogP) is 1.13. The molecular formula is C12H20N2O3S2. The number of hydrogen-bond donors (Lipinski definition) is 2. The zero-order chi connectivity index (χ0) is 14.1. The Labute approximate surface area is 118 Å². The van der Waals surface area contributed by atoms with E-state index in [1.165, 1.54) is 11.3 Å². The molecule has 0 spiro atoms.